The summed E-state index contributed by atoms with van der Waals surface area (Å²) in [6.45, 7) is 1.76. The van der Waals surface area contributed by atoms with Gasteiger partial charge in [0.2, 0.25) is 5.95 Å². The van der Waals surface area contributed by atoms with E-state index in [1.807, 2.05) is 42.6 Å². The van der Waals surface area contributed by atoms with Gasteiger partial charge in [0.15, 0.2) is 0 Å². The highest BCUT2D eigenvalue weighted by atomic mass is 35.5. The number of pyridine rings is 1. The molecule has 0 spiro atoms. The van der Waals surface area contributed by atoms with Crippen molar-refractivity contribution in [1.82, 2.24) is 30.0 Å². The van der Waals surface area contributed by atoms with Crippen LogP contribution in [0.3, 0.4) is 0 Å². The van der Waals surface area contributed by atoms with Gasteiger partial charge in [-0.05, 0) is 55.3 Å². The Morgan fingerprint density at radius 3 is 2.79 bits per heavy atom. The van der Waals surface area contributed by atoms with Crippen LogP contribution >= 0.6 is 11.6 Å². The molecule has 1 saturated heterocycles. The second-order valence-electron chi connectivity index (χ2n) is 7.88. The normalized spacial score (nSPS) is 15.9. The van der Waals surface area contributed by atoms with Crippen molar-refractivity contribution in [3.63, 3.8) is 0 Å². The van der Waals surface area contributed by atoms with Gasteiger partial charge in [-0.2, -0.15) is 10.4 Å². The minimum absolute atomic E-state index is 0.195. The second kappa shape index (κ2) is 9.36. The molecular formula is C24H21ClN8. The molecule has 9 heteroatoms. The molecule has 2 N–H and O–H groups in total. The zero-order valence-corrected chi connectivity index (χ0v) is 18.5. The standard InChI is InChI=1S/C24H21ClN8/c25-18-5-3-16(4-6-18)23-17(13-29-32-23)15-33-11-1-2-22(33)21-9-10-27-24(31-21)30-20-8-7-19(12-26)28-14-20/h3-10,13-14,22H,1-2,11,15H2,(H,29,32)(H,27,30,31)/t22-/m0/s1. The molecule has 33 heavy (non-hydrogen) atoms. The van der Waals surface area contributed by atoms with E-state index in [4.69, 9.17) is 21.8 Å². The summed E-state index contributed by atoms with van der Waals surface area (Å²) in [6.07, 6.45) is 7.40. The van der Waals surface area contributed by atoms with E-state index in [2.05, 4.69) is 30.4 Å². The van der Waals surface area contributed by atoms with E-state index in [0.717, 1.165) is 54.1 Å². The fourth-order valence-corrected chi connectivity index (χ4v) is 4.27. The third-order valence-electron chi connectivity index (χ3n) is 5.74. The van der Waals surface area contributed by atoms with Crippen molar-refractivity contribution in [2.75, 3.05) is 11.9 Å². The first kappa shape index (κ1) is 21.1. The Labute approximate surface area is 196 Å². The average Bonchev–Trinajstić information content (AvgIpc) is 3.50. The molecule has 0 saturated carbocycles. The number of H-pyrrole nitrogens is 1. The van der Waals surface area contributed by atoms with Gasteiger partial charge >= 0.3 is 0 Å². The van der Waals surface area contributed by atoms with E-state index >= 15 is 0 Å². The third-order valence-corrected chi connectivity index (χ3v) is 5.99. The van der Waals surface area contributed by atoms with Gasteiger partial charge in [-0.25, -0.2) is 15.0 Å². The first-order chi connectivity index (χ1) is 16.2. The predicted octanol–water partition coefficient (Wildman–Crippen LogP) is 4.87. The number of anilines is 2. The van der Waals surface area contributed by atoms with Crippen LogP contribution in [0.25, 0.3) is 11.3 Å². The van der Waals surface area contributed by atoms with Gasteiger partial charge in [-0.3, -0.25) is 10.00 Å². The van der Waals surface area contributed by atoms with Crippen molar-refractivity contribution in [2.45, 2.75) is 25.4 Å². The molecule has 0 radical (unpaired) electrons. The molecule has 5 rings (SSSR count). The van der Waals surface area contributed by atoms with Crippen molar-refractivity contribution in [2.24, 2.45) is 0 Å². The number of hydrogen-bond donors (Lipinski definition) is 2. The van der Waals surface area contributed by atoms with Crippen LogP contribution in [0.1, 0.15) is 35.8 Å². The lowest BCUT2D eigenvalue weighted by atomic mass is 10.1. The molecule has 1 aliphatic rings. The summed E-state index contributed by atoms with van der Waals surface area (Å²) in [5.74, 6) is 0.510. The van der Waals surface area contributed by atoms with Gasteiger partial charge in [-0.15, -0.1) is 0 Å². The minimum atomic E-state index is 0.195. The van der Waals surface area contributed by atoms with Gasteiger partial charge in [-0.1, -0.05) is 23.7 Å². The number of benzene rings is 1. The Kier molecular flexibility index (Phi) is 5.98. The molecule has 1 aromatic carbocycles. The highest BCUT2D eigenvalue weighted by molar-refractivity contribution is 6.30. The van der Waals surface area contributed by atoms with Crippen LogP contribution in [0.2, 0.25) is 5.02 Å². The fourth-order valence-electron chi connectivity index (χ4n) is 4.15. The summed E-state index contributed by atoms with van der Waals surface area (Å²) >= 11 is 6.05. The monoisotopic (exact) mass is 456 g/mol. The van der Waals surface area contributed by atoms with E-state index in [0.29, 0.717) is 16.7 Å². The summed E-state index contributed by atoms with van der Waals surface area (Å²) in [6, 6.07) is 15.4. The maximum absolute atomic E-state index is 8.91. The molecule has 1 aliphatic heterocycles. The minimum Gasteiger partial charge on any atom is -0.323 e. The van der Waals surface area contributed by atoms with Crippen LogP contribution in [0, 0.1) is 11.3 Å². The van der Waals surface area contributed by atoms with Crippen LogP contribution in [-0.2, 0) is 6.54 Å². The number of halogens is 1. The molecule has 0 amide bonds. The van der Waals surface area contributed by atoms with Crippen LogP contribution in [-0.4, -0.2) is 36.6 Å². The van der Waals surface area contributed by atoms with Gasteiger partial charge in [0.25, 0.3) is 0 Å². The largest absolute Gasteiger partial charge is 0.323 e. The molecule has 8 nitrogen and oxygen atoms in total. The van der Waals surface area contributed by atoms with Crippen molar-refractivity contribution in [1.29, 1.82) is 5.26 Å². The zero-order valence-electron chi connectivity index (χ0n) is 17.7. The van der Waals surface area contributed by atoms with Crippen molar-refractivity contribution < 1.29 is 0 Å². The lowest BCUT2D eigenvalue weighted by Crippen LogP contribution is -2.23. The molecule has 0 bridgehead atoms. The highest BCUT2D eigenvalue weighted by Gasteiger charge is 2.28. The highest BCUT2D eigenvalue weighted by Crippen LogP contribution is 2.34. The SMILES string of the molecule is N#Cc1ccc(Nc2nccc([C@@H]3CCCN3Cc3cn[nH]c3-c3ccc(Cl)cc3)n2)cn1. The maximum Gasteiger partial charge on any atom is 0.227 e. The number of nitrogens with one attached hydrogen (secondary N) is 2. The average molecular weight is 457 g/mol. The fraction of sp³-hybridized carbons (Fsp3) is 0.208. The Hall–Kier alpha value is -3.80. The van der Waals surface area contributed by atoms with E-state index < -0.39 is 0 Å². The summed E-state index contributed by atoms with van der Waals surface area (Å²) in [7, 11) is 0. The van der Waals surface area contributed by atoms with E-state index in [9.17, 15) is 0 Å². The molecule has 3 aromatic heterocycles. The topological polar surface area (TPSA) is 106 Å². The number of nitrogens with zero attached hydrogens (tertiary/aromatic N) is 6. The Morgan fingerprint density at radius 2 is 2.00 bits per heavy atom. The van der Waals surface area contributed by atoms with E-state index in [-0.39, 0.29) is 6.04 Å². The quantitative estimate of drug-likeness (QED) is 0.426. The van der Waals surface area contributed by atoms with E-state index in [1.165, 1.54) is 0 Å². The summed E-state index contributed by atoms with van der Waals surface area (Å²) in [5, 5.41) is 20.2. The first-order valence-electron chi connectivity index (χ1n) is 10.7. The summed E-state index contributed by atoms with van der Waals surface area (Å²) in [4.78, 5) is 15.6. The summed E-state index contributed by atoms with van der Waals surface area (Å²) < 4.78 is 0. The number of hydrogen-bond acceptors (Lipinski definition) is 7. The lowest BCUT2D eigenvalue weighted by molar-refractivity contribution is 0.245. The van der Waals surface area contributed by atoms with Crippen molar-refractivity contribution in [3.8, 4) is 17.3 Å². The third kappa shape index (κ3) is 4.70. The molecule has 4 heterocycles. The van der Waals surface area contributed by atoms with Gasteiger partial charge in [0, 0.05) is 23.3 Å². The number of rotatable bonds is 6. The van der Waals surface area contributed by atoms with Crippen LogP contribution in [0.4, 0.5) is 11.6 Å². The number of aromatic nitrogens is 5. The Morgan fingerprint density at radius 1 is 1.12 bits per heavy atom. The van der Waals surface area contributed by atoms with Gasteiger partial charge in [0.1, 0.15) is 11.8 Å². The maximum atomic E-state index is 8.91. The smallest absolute Gasteiger partial charge is 0.227 e. The number of aromatic amines is 1. The summed E-state index contributed by atoms with van der Waals surface area (Å²) in [5.41, 5.74) is 5.29. The molecule has 4 aromatic rings. The molecule has 0 aliphatic carbocycles. The number of likely N-dealkylation sites (tertiary alicyclic amines) is 1. The zero-order chi connectivity index (χ0) is 22.6. The molecule has 1 fully saturated rings. The Bertz CT molecular complexity index is 1280. The van der Waals surface area contributed by atoms with Crippen molar-refractivity contribution >= 4 is 23.2 Å². The Balaban J connectivity index is 1.33. The van der Waals surface area contributed by atoms with Crippen LogP contribution < -0.4 is 5.32 Å². The predicted molar refractivity (Wildman–Crippen MR) is 126 cm³/mol. The van der Waals surface area contributed by atoms with Gasteiger partial charge in [0.05, 0.1) is 35.5 Å². The first-order valence-corrected chi connectivity index (χ1v) is 11.1. The second-order valence-corrected chi connectivity index (χ2v) is 8.32. The molecule has 0 unspecified atom stereocenters. The lowest BCUT2D eigenvalue weighted by Gasteiger charge is -2.24. The van der Waals surface area contributed by atoms with Crippen LogP contribution in [0.5, 0.6) is 0 Å². The van der Waals surface area contributed by atoms with E-state index in [1.54, 1.807) is 24.5 Å². The van der Waals surface area contributed by atoms with Gasteiger partial charge < -0.3 is 5.32 Å². The van der Waals surface area contributed by atoms with Crippen LogP contribution in [0.15, 0.2) is 61.1 Å². The molecule has 1 atom stereocenters. The number of nitriles is 1. The molecule has 164 valence electrons. The van der Waals surface area contributed by atoms with Crippen molar-refractivity contribution in [3.05, 3.63) is 83.0 Å². The molecular weight excluding hydrogens is 436 g/mol.